The normalized spacial score (nSPS) is 9.39. The molecule has 0 radical (unpaired) electrons. The van der Waals surface area contributed by atoms with Crippen LogP contribution in [0.4, 0.5) is 0 Å². The first kappa shape index (κ1) is 54.3. The molecule has 0 amide bonds. The summed E-state index contributed by atoms with van der Waals surface area (Å²) in [5, 5.41) is 36.1. The van der Waals surface area contributed by atoms with Crippen molar-refractivity contribution in [3.05, 3.63) is 294 Å². The maximum atomic E-state index is 8.26. The Hall–Kier alpha value is -7.85. The summed E-state index contributed by atoms with van der Waals surface area (Å²) < 4.78 is 8.26. The molecular formula is C56H44MoN6OP2-2. The minimum Gasteiger partial charge on any atom is -0.262 e. The Balaban J connectivity index is 0.000000345. The Morgan fingerprint density at radius 3 is 0.439 bits per heavy atom. The van der Waals surface area contributed by atoms with Crippen molar-refractivity contribution in [2.75, 3.05) is 0 Å². The van der Waals surface area contributed by atoms with Gasteiger partial charge in [0.2, 0.25) is 0 Å². The second-order valence-electron chi connectivity index (χ2n) is 12.9. The van der Waals surface area contributed by atoms with Crippen LogP contribution in [-0.2, 0) is 23.2 Å². The molecule has 7 nitrogen and oxygen atoms in total. The molecule has 66 heavy (non-hydrogen) atoms. The van der Waals surface area contributed by atoms with Crippen molar-refractivity contribution >= 4 is 57.0 Å². The zero-order chi connectivity index (χ0) is 48.1. The van der Waals surface area contributed by atoms with Gasteiger partial charge in [-0.2, -0.15) is 0 Å². The van der Waals surface area contributed by atoms with Crippen LogP contribution in [0.5, 0.6) is 0 Å². The zero-order valence-corrected chi connectivity index (χ0v) is 39.6. The van der Waals surface area contributed by atoms with Gasteiger partial charge >= 0.3 is 23.2 Å². The van der Waals surface area contributed by atoms with E-state index in [1.54, 1.807) is 24.8 Å². The minimum atomic E-state index is -1.91. The van der Waals surface area contributed by atoms with Gasteiger partial charge in [0.15, 0.2) is 0 Å². The van der Waals surface area contributed by atoms with Crippen LogP contribution in [0.2, 0.25) is 0 Å². The van der Waals surface area contributed by atoms with E-state index in [0.717, 1.165) is 0 Å². The summed E-state index contributed by atoms with van der Waals surface area (Å²) in [5.41, 5.74) is 0. The average Bonchev–Trinajstić information content (AvgIpc) is 3.45. The van der Waals surface area contributed by atoms with Crippen LogP contribution in [0.25, 0.3) is 0 Å². The van der Waals surface area contributed by atoms with E-state index in [1.165, 1.54) is 42.4 Å². The summed E-state index contributed by atoms with van der Waals surface area (Å²) in [6, 6.07) is 87.7. The molecule has 9 rings (SSSR count). The fourth-order valence-electron chi connectivity index (χ4n) is 7.26. The van der Waals surface area contributed by atoms with Crippen LogP contribution in [0.15, 0.2) is 267 Å². The number of rotatable bonds is 8. The first-order valence-corrected chi connectivity index (χ1v) is 24.2. The predicted molar refractivity (Wildman–Crippen MR) is 265 cm³/mol. The molecule has 0 atom stereocenters. The molecule has 10 heteroatoms. The Labute approximate surface area is 402 Å². The Morgan fingerprint density at radius 1 is 0.242 bits per heavy atom. The molecule has 322 valence electrons. The van der Waals surface area contributed by atoms with Crippen molar-refractivity contribution in [1.29, 1.82) is 21.0 Å². The minimum absolute atomic E-state index is 0.700. The molecule has 0 aliphatic carbocycles. The smallest absolute Gasteiger partial charge is 0.144 e. The van der Waals surface area contributed by atoms with E-state index in [-0.39, 0.29) is 0 Å². The SMILES string of the molecule is [C-]#N.[C-]#N.[C-]#N.[C-]#N.[O]=[Mo].c1ccc([P+](c2ccccc2)(c2ccccc2)c2ccccc2)cc1.c1ccc([P+](c2ccccc2)(c2ccccc2)c2ccccc2)cc1.c1cnccn1. The maximum Gasteiger partial charge on any atom is 0.144 e. The Bertz CT molecular complexity index is 2130. The van der Waals surface area contributed by atoms with Gasteiger partial charge < -0.3 is 47.3 Å². The number of hydrogen-bond acceptors (Lipinski definition) is 7. The van der Waals surface area contributed by atoms with Crippen LogP contribution in [-0.4, -0.2) is 9.97 Å². The number of aromatic nitrogens is 2. The summed E-state index contributed by atoms with van der Waals surface area (Å²) >= 11 is 0.700. The summed E-state index contributed by atoms with van der Waals surface area (Å²) in [6.45, 7) is 19.0. The van der Waals surface area contributed by atoms with E-state index in [2.05, 4.69) is 253 Å². The third kappa shape index (κ3) is 14.1. The zero-order valence-electron chi connectivity index (χ0n) is 35.8. The molecule has 9 aromatic rings. The van der Waals surface area contributed by atoms with Gasteiger partial charge in [0.25, 0.3) is 0 Å². The summed E-state index contributed by atoms with van der Waals surface area (Å²) in [5.74, 6) is 0. The van der Waals surface area contributed by atoms with Gasteiger partial charge in [0, 0.05) is 24.8 Å². The van der Waals surface area contributed by atoms with Crippen LogP contribution in [0.3, 0.4) is 0 Å². The van der Waals surface area contributed by atoms with Crippen LogP contribution < -0.4 is 42.4 Å². The molecule has 0 N–H and O–H groups in total. The maximum absolute atomic E-state index is 8.26. The quantitative estimate of drug-likeness (QED) is 0.0841. The average molecular weight is 975 g/mol. The van der Waals surface area contributed by atoms with Crippen molar-refractivity contribution in [1.82, 2.24) is 9.97 Å². The Kier molecular flexibility index (Phi) is 27.0. The molecule has 0 aliphatic heterocycles. The summed E-state index contributed by atoms with van der Waals surface area (Å²) in [6.07, 6.45) is 6.56. The molecule has 0 fully saturated rings. The second-order valence-corrected chi connectivity index (χ2v) is 19.7. The fraction of sp³-hybridized carbons (Fsp3) is 0. The third-order valence-corrected chi connectivity index (χ3v) is 18.2. The summed E-state index contributed by atoms with van der Waals surface area (Å²) in [4.78, 5) is 7.44. The monoisotopic (exact) mass is 976 g/mol. The first-order valence-electron chi connectivity index (χ1n) is 19.8. The molecule has 0 saturated heterocycles. The summed E-state index contributed by atoms with van der Waals surface area (Å²) in [7, 11) is -3.81. The molecule has 0 saturated carbocycles. The van der Waals surface area contributed by atoms with Gasteiger partial charge in [-0.3, -0.25) is 9.97 Å². The number of nitrogens with zero attached hydrogens (tertiary/aromatic N) is 6. The molecule has 8 aromatic carbocycles. The number of benzene rings is 8. The Morgan fingerprint density at radius 2 is 0.348 bits per heavy atom. The topological polar surface area (TPSA) is 138 Å². The van der Waals surface area contributed by atoms with E-state index in [9.17, 15) is 0 Å². The molecular weight excluding hydrogens is 931 g/mol. The van der Waals surface area contributed by atoms with Gasteiger partial charge in [-0.25, -0.2) is 0 Å². The van der Waals surface area contributed by atoms with Crippen LogP contribution in [0, 0.1) is 47.3 Å². The van der Waals surface area contributed by atoms with E-state index in [4.69, 9.17) is 50.7 Å². The largest absolute Gasteiger partial charge is 0.262 e. The molecule has 0 bridgehead atoms. The van der Waals surface area contributed by atoms with E-state index >= 15 is 0 Å². The predicted octanol–water partition coefficient (Wildman–Crippen LogP) is 9.35. The van der Waals surface area contributed by atoms with Gasteiger partial charge in [0.1, 0.15) is 57.0 Å². The second kappa shape index (κ2) is 32.8. The van der Waals surface area contributed by atoms with Crippen molar-refractivity contribution in [3.8, 4) is 0 Å². The fourth-order valence-corrected chi connectivity index (χ4v) is 15.8. The van der Waals surface area contributed by atoms with Crippen LogP contribution in [0.1, 0.15) is 0 Å². The van der Waals surface area contributed by atoms with Crippen molar-refractivity contribution in [2.24, 2.45) is 0 Å². The molecule has 0 aliphatic rings. The molecule has 0 unspecified atom stereocenters. The standard InChI is InChI=1S/2C24H20P.C4H4N2.4CN.Mo.O/c2*1-5-13-21(14-6-1)25(22-15-7-2-8-16-22,23-17-9-3-10-18-23)24-19-11-4-12-20-24;1-2-6-4-3-5-1;4*1-2;;/h2*1-20H;1-4H;;;;;;/q2*+1;;4*-1;;. The van der Waals surface area contributed by atoms with E-state index < -0.39 is 14.5 Å². The van der Waals surface area contributed by atoms with Gasteiger partial charge in [-0.1, -0.05) is 146 Å². The van der Waals surface area contributed by atoms with Crippen LogP contribution >= 0.6 is 14.5 Å². The molecule has 0 spiro atoms. The van der Waals surface area contributed by atoms with Crippen molar-refractivity contribution in [3.63, 3.8) is 0 Å². The number of hydrogen-bond donors (Lipinski definition) is 0. The van der Waals surface area contributed by atoms with E-state index in [1.807, 2.05) is 0 Å². The van der Waals surface area contributed by atoms with Crippen molar-refractivity contribution < 1.29 is 23.2 Å². The molecule has 1 heterocycles. The van der Waals surface area contributed by atoms with E-state index in [0.29, 0.717) is 19.8 Å². The van der Waals surface area contributed by atoms with Gasteiger partial charge in [-0.15, -0.1) is 0 Å². The molecule has 1 aromatic heterocycles. The first-order chi connectivity index (χ1) is 32.8. The van der Waals surface area contributed by atoms with Gasteiger partial charge in [-0.05, 0) is 97.1 Å². The van der Waals surface area contributed by atoms with Crippen molar-refractivity contribution in [2.45, 2.75) is 0 Å². The van der Waals surface area contributed by atoms with Gasteiger partial charge in [0.05, 0.1) is 0 Å². The third-order valence-electron chi connectivity index (χ3n) is 9.63.